The van der Waals surface area contributed by atoms with Gasteiger partial charge in [-0.2, -0.15) is 5.10 Å². The number of carbonyl (C=O) groups excluding carboxylic acids is 1. The number of nitrogens with one attached hydrogen (secondary N) is 1. The number of rotatable bonds is 6. The summed E-state index contributed by atoms with van der Waals surface area (Å²) < 4.78 is 1.87. The molecule has 0 aromatic carbocycles. The lowest BCUT2D eigenvalue weighted by atomic mass is 10.1. The van der Waals surface area contributed by atoms with E-state index in [1.807, 2.05) is 25.6 Å². The average Bonchev–Trinajstić information content (AvgIpc) is 3.12. The summed E-state index contributed by atoms with van der Waals surface area (Å²) in [5.41, 5.74) is 6.95. The van der Waals surface area contributed by atoms with E-state index in [0.717, 1.165) is 42.2 Å². The topological polar surface area (TPSA) is 72.7 Å². The highest BCUT2D eigenvalue weighted by Crippen LogP contribution is 2.22. The van der Waals surface area contributed by atoms with Crippen molar-refractivity contribution >= 4 is 5.91 Å². The lowest BCUT2D eigenvalue weighted by molar-refractivity contribution is -0.121. The summed E-state index contributed by atoms with van der Waals surface area (Å²) in [6, 6.07) is 0. The van der Waals surface area contributed by atoms with Gasteiger partial charge in [0.2, 0.25) is 5.91 Å². The van der Waals surface area contributed by atoms with Crippen LogP contribution in [0.2, 0.25) is 0 Å². The van der Waals surface area contributed by atoms with Gasteiger partial charge in [0.05, 0.1) is 5.69 Å². The van der Waals surface area contributed by atoms with Crippen LogP contribution in [0.15, 0.2) is 0 Å². The van der Waals surface area contributed by atoms with Crippen LogP contribution in [0.25, 0.3) is 0 Å². The monoisotopic (exact) mass is 341 g/mol. The molecular weight excluding hydrogens is 314 g/mol. The van der Waals surface area contributed by atoms with E-state index in [2.05, 4.69) is 27.3 Å². The van der Waals surface area contributed by atoms with Crippen LogP contribution in [0.4, 0.5) is 0 Å². The van der Waals surface area contributed by atoms with E-state index >= 15 is 0 Å². The van der Waals surface area contributed by atoms with Crippen LogP contribution < -0.4 is 5.32 Å². The third-order valence-electron chi connectivity index (χ3n) is 5.12. The van der Waals surface area contributed by atoms with Crippen LogP contribution in [-0.2, 0) is 37.5 Å². The van der Waals surface area contributed by atoms with Crippen LogP contribution in [-0.4, -0.2) is 32.2 Å². The maximum absolute atomic E-state index is 12.1. The Labute approximate surface area is 149 Å². The molecule has 0 saturated carbocycles. The quantitative estimate of drug-likeness (QED) is 0.871. The molecule has 0 bridgehead atoms. The third-order valence-corrected chi connectivity index (χ3v) is 5.12. The molecule has 0 unspecified atom stereocenters. The molecule has 1 amide bonds. The third kappa shape index (κ3) is 3.89. The van der Waals surface area contributed by atoms with Crippen molar-refractivity contribution in [2.24, 2.45) is 7.05 Å². The van der Waals surface area contributed by atoms with E-state index in [1.54, 1.807) is 0 Å². The second kappa shape index (κ2) is 7.33. The van der Waals surface area contributed by atoms with Gasteiger partial charge in [-0.3, -0.25) is 9.48 Å². The Morgan fingerprint density at radius 3 is 2.64 bits per heavy atom. The molecular formula is C19H27N5O. The zero-order valence-electron chi connectivity index (χ0n) is 15.6. The minimum Gasteiger partial charge on any atom is -0.356 e. The number of hydrogen-bond donors (Lipinski definition) is 1. The van der Waals surface area contributed by atoms with Gasteiger partial charge in [0.1, 0.15) is 5.82 Å². The maximum Gasteiger partial charge on any atom is 0.220 e. The number of aromatic nitrogens is 4. The van der Waals surface area contributed by atoms with E-state index in [0.29, 0.717) is 19.4 Å². The maximum atomic E-state index is 12.1. The molecule has 25 heavy (non-hydrogen) atoms. The summed E-state index contributed by atoms with van der Waals surface area (Å²) in [5.74, 6) is 0.915. The molecule has 3 rings (SSSR count). The molecule has 1 aliphatic carbocycles. The number of amides is 1. The van der Waals surface area contributed by atoms with Gasteiger partial charge in [0.15, 0.2) is 0 Å². The lowest BCUT2D eigenvalue weighted by Gasteiger charge is -2.08. The summed E-state index contributed by atoms with van der Waals surface area (Å²) in [6.07, 6.45) is 5.24. The summed E-state index contributed by atoms with van der Waals surface area (Å²) in [4.78, 5) is 21.4. The second-order valence-electron chi connectivity index (χ2n) is 6.88. The van der Waals surface area contributed by atoms with Gasteiger partial charge in [0.25, 0.3) is 0 Å². The number of hydrogen-bond acceptors (Lipinski definition) is 4. The first-order chi connectivity index (χ1) is 12.0. The standard InChI is InChI=1S/C19H27N5O/c1-12-16-6-5-7-17(16)22-18(21-12)10-11-20-19(25)9-8-15-13(2)23-24(4)14(15)3/h5-11H2,1-4H3,(H,20,25). The van der Waals surface area contributed by atoms with Crippen molar-refractivity contribution in [1.29, 1.82) is 0 Å². The number of aryl methyl sites for hydroxylation is 4. The van der Waals surface area contributed by atoms with Crippen molar-refractivity contribution in [3.05, 3.63) is 39.7 Å². The summed E-state index contributed by atoms with van der Waals surface area (Å²) in [5, 5.41) is 7.38. The van der Waals surface area contributed by atoms with Gasteiger partial charge in [-0.05, 0) is 57.6 Å². The Balaban J connectivity index is 1.48. The summed E-state index contributed by atoms with van der Waals surface area (Å²) in [6.45, 7) is 6.68. The molecule has 6 nitrogen and oxygen atoms in total. The second-order valence-corrected chi connectivity index (χ2v) is 6.88. The van der Waals surface area contributed by atoms with Crippen molar-refractivity contribution in [1.82, 2.24) is 25.1 Å². The van der Waals surface area contributed by atoms with Gasteiger partial charge in [0, 0.05) is 43.5 Å². The highest BCUT2D eigenvalue weighted by atomic mass is 16.1. The van der Waals surface area contributed by atoms with Crippen LogP contribution in [0.1, 0.15) is 52.6 Å². The molecule has 2 aromatic heterocycles. The molecule has 0 saturated heterocycles. The van der Waals surface area contributed by atoms with E-state index in [-0.39, 0.29) is 5.91 Å². The Bertz CT molecular complexity index is 794. The fourth-order valence-corrected chi connectivity index (χ4v) is 3.61. The van der Waals surface area contributed by atoms with Crippen LogP contribution in [0.3, 0.4) is 0 Å². The van der Waals surface area contributed by atoms with Crippen molar-refractivity contribution in [3.8, 4) is 0 Å². The SMILES string of the molecule is Cc1nc(CCNC(=O)CCc2c(C)nn(C)c2C)nc2c1CCC2. The predicted octanol–water partition coefficient (Wildman–Crippen LogP) is 1.92. The molecule has 0 aliphatic heterocycles. The van der Waals surface area contributed by atoms with Crippen molar-refractivity contribution in [3.63, 3.8) is 0 Å². The van der Waals surface area contributed by atoms with E-state index in [4.69, 9.17) is 0 Å². The van der Waals surface area contributed by atoms with Gasteiger partial charge in [-0.25, -0.2) is 9.97 Å². The summed E-state index contributed by atoms with van der Waals surface area (Å²) in [7, 11) is 1.94. The van der Waals surface area contributed by atoms with Gasteiger partial charge in [-0.15, -0.1) is 0 Å². The van der Waals surface area contributed by atoms with Crippen molar-refractivity contribution in [2.75, 3.05) is 6.54 Å². The fraction of sp³-hybridized carbons (Fsp3) is 0.579. The predicted molar refractivity (Wildman–Crippen MR) is 96.5 cm³/mol. The van der Waals surface area contributed by atoms with E-state index in [9.17, 15) is 4.79 Å². The Morgan fingerprint density at radius 1 is 1.12 bits per heavy atom. The van der Waals surface area contributed by atoms with Crippen LogP contribution >= 0.6 is 0 Å². The number of fused-ring (bicyclic) bond motifs is 1. The van der Waals surface area contributed by atoms with Crippen LogP contribution in [0.5, 0.6) is 0 Å². The highest BCUT2D eigenvalue weighted by Gasteiger charge is 2.17. The molecule has 2 aromatic rings. The molecule has 1 N–H and O–H groups in total. The normalized spacial score (nSPS) is 13.1. The van der Waals surface area contributed by atoms with Crippen molar-refractivity contribution in [2.45, 2.75) is 59.3 Å². The molecule has 6 heteroatoms. The molecule has 0 atom stereocenters. The van der Waals surface area contributed by atoms with Gasteiger partial charge in [-0.1, -0.05) is 0 Å². The van der Waals surface area contributed by atoms with Crippen molar-refractivity contribution < 1.29 is 4.79 Å². The molecule has 0 spiro atoms. The highest BCUT2D eigenvalue weighted by molar-refractivity contribution is 5.76. The Hall–Kier alpha value is -2.24. The average molecular weight is 341 g/mol. The largest absolute Gasteiger partial charge is 0.356 e. The molecule has 134 valence electrons. The van der Waals surface area contributed by atoms with Gasteiger partial charge < -0.3 is 5.32 Å². The number of nitrogens with zero attached hydrogens (tertiary/aromatic N) is 4. The first-order valence-corrected chi connectivity index (χ1v) is 9.06. The zero-order chi connectivity index (χ0) is 18.0. The van der Waals surface area contributed by atoms with E-state index < -0.39 is 0 Å². The summed E-state index contributed by atoms with van der Waals surface area (Å²) >= 11 is 0. The molecule has 2 heterocycles. The Morgan fingerprint density at radius 2 is 1.92 bits per heavy atom. The lowest BCUT2D eigenvalue weighted by Crippen LogP contribution is -2.26. The smallest absolute Gasteiger partial charge is 0.220 e. The zero-order valence-corrected chi connectivity index (χ0v) is 15.6. The van der Waals surface area contributed by atoms with Gasteiger partial charge >= 0.3 is 0 Å². The Kier molecular flexibility index (Phi) is 5.16. The minimum atomic E-state index is 0.0699. The van der Waals surface area contributed by atoms with E-state index in [1.165, 1.54) is 23.2 Å². The van der Waals surface area contributed by atoms with Crippen LogP contribution in [0, 0.1) is 20.8 Å². The molecule has 1 aliphatic rings. The first kappa shape index (κ1) is 17.6. The molecule has 0 radical (unpaired) electrons. The number of carbonyl (C=O) groups is 1. The molecule has 0 fully saturated rings. The first-order valence-electron chi connectivity index (χ1n) is 9.06. The minimum absolute atomic E-state index is 0.0699. The fourth-order valence-electron chi connectivity index (χ4n) is 3.61.